The van der Waals surface area contributed by atoms with E-state index in [2.05, 4.69) is 216 Å². The smallest absolute Gasteiger partial charge is 0.0547 e. The fourth-order valence-electron chi connectivity index (χ4n) is 8.39. The normalized spacial score (nSPS) is 11.6. The zero-order valence-corrected chi connectivity index (χ0v) is 30.7. The lowest BCUT2D eigenvalue weighted by atomic mass is 9.97. The van der Waals surface area contributed by atoms with E-state index in [1.54, 1.807) is 0 Å². The number of aromatic nitrogens is 1. The number of anilines is 3. The van der Waals surface area contributed by atoms with Gasteiger partial charge in [-0.1, -0.05) is 140 Å². The zero-order valence-electron chi connectivity index (χ0n) is 29.9. The molecule has 258 valence electrons. The molecular weight excluding hydrogens is 685 g/mol. The predicted molar refractivity (Wildman–Crippen MR) is 237 cm³/mol. The summed E-state index contributed by atoms with van der Waals surface area (Å²) in [6, 6.07) is 75.2. The van der Waals surface area contributed by atoms with E-state index >= 15 is 0 Å². The van der Waals surface area contributed by atoms with Gasteiger partial charge in [-0.15, -0.1) is 11.3 Å². The highest BCUT2D eigenvalue weighted by Gasteiger charge is 2.18. The first-order valence-electron chi connectivity index (χ1n) is 18.8. The Balaban J connectivity index is 1.04. The molecule has 0 aliphatic carbocycles. The lowest BCUT2D eigenvalue weighted by Gasteiger charge is -2.27. The summed E-state index contributed by atoms with van der Waals surface area (Å²) in [5, 5.41) is 7.58. The van der Waals surface area contributed by atoms with E-state index in [0.717, 1.165) is 17.1 Å². The van der Waals surface area contributed by atoms with Crippen LogP contribution in [0.5, 0.6) is 0 Å². The third kappa shape index (κ3) is 5.32. The van der Waals surface area contributed by atoms with Crippen molar-refractivity contribution >= 4 is 81.1 Å². The van der Waals surface area contributed by atoms with Crippen molar-refractivity contribution in [2.45, 2.75) is 0 Å². The fraction of sp³-hybridized carbons (Fsp3) is 0. The average Bonchev–Trinajstić information content (AvgIpc) is 3.79. The largest absolute Gasteiger partial charge is 0.310 e. The van der Waals surface area contributed by atoms with Crippen molar-refractivity contribution in [3.05, 3.63) is 206 Å². The van der Waals surface area contributed by atoms with E-state index in [-0.39, 0.29) is 0 Å². The van der Waals surface area contributed by atoms with Crippen molar-refractivity contribution in [3.8, 4) is 27.9 Å². The monoisotopic (exact) mass is 718 g/mol. The van der Waals surface area contributed by atoms with E-state index in [1.165, 1.54) is 80.7 Å². The number of fused-ring (bicyclic) bond motifs is 7. The van der Waals surface area contributed by atoms with E-state index in [1.807, 2.05) is 11.3 Å². The Morgan fingerprint density at radius 1 is 0.345 bits per heavy atom. The van der Waals surface area contributed by atoms with Crippen LogP contribution in [0.25, 0.3) is 80.7 Å². The Hall–Kier alpha value is -6.94. The Labute approximate surface area is 323 Å². The van der Waals surface area contributed by atoms with Crippen molar-refractivity contribution in [2.24, 2.45) is 0 Å². The topological polar surface area (TPSA) is 8.17 Å². The van der Waals surface area contributed by atoms with Crippen LogP contribution in [0, 0.1) is 0 Å². The summed E-state index contributed by atoms with van der Waals surface area (Å²) in [4.78, 5) is 2.43. The fourth-order valence-corrected chi connectivity index (χ4v) is 9.53. The SMILES string of the molecule is c1ccc(-n2c3ccccc3c3ccc(-c4cccc(-c5cccc(N(c6ccc7c(c6)sc6ccccc67)c6cccc7ccccc67)c5)c4)cc32)cc1. The lowest BCUT2D eigenvalue weighted by Crippen LogP contribution is -2.10. The van der Waals surface area contributed by atoms with E-state index in [4.69, 9.17) is 0 Å². The number of benzene rings is 9. The molecule has 0 N–H and O–H groups in total. The molecule has 0 unspecified atom stereocenters. The van der Waals surface area contributed by atoms with Gasteiger partial charge in [0.1, 0.15) is 0 Å². The summed E-state index contributed by atoms with van der Waals surface area (Å²) in [6.45, 7) is 0. The maximum Gasteiger partial charge on any atom is 0.0547 e. The molecule has 0 fully saturated rings. The first kappa shape index (κ1) is 31.6. The molecule has 0 bridgehead atoms. The van der Waals surface area contributed by atoms with Crippen LogP contribution < -0.4 is 4.90 Å². The zero-order chi connectivity index (χ0) is 36.3. The highest BCUT2D eigenvalue weighted by molar-refractivity contribution is 7.25. The van der Waals surface area contributed by atoms with Gasteiger partial charge in [-0.05, 0) is 94.4 Å². The maximum atomic E-state index is 2.43. The quantitative estimate of drug-likeness (QED) is 0.166. The van der Waals surface area contributed by atoms with Crippen molar-refractivity contribution in [2.75, 3.05) is 4.90 Å². The average molecular weight is 719 g/mol. The second-order valence-corrected chi connectivity index (χ2v) is 15.2. The summed E-state index contributed by atoms with van der Waals surface area (Å²) >= 11 is 1.86. The summed E-state index contributed by atoms with van der Waals surface area (Å²) in [6.07, 6.45) is 0. The van der Waals surface area contributed by atoms with Gasteiger partial charge in [0.25, 0.3) is 0 Å². The van der Waals surface area contributed by atoms with Crippen molar-refractivity contribution in [1.29, 1.82) is 0 Å². The second-order valence-electron chi connectivity index (χ2n) is 14.2. The molecule has 0 radical (unpaired) electrons. The molecule has 2 aromatic heterocycles. The summed E-state index contributed by atoms with van der Waals surface area (Å²) in [7, 11) is 0. The highest BCUT2D eigenvalue weighted by Crippen LogP contribution is 2.44. The lowest BCUT2D eigenvalue weighted by molar-refractivity contribution is 1.18. The summed E-state index contributed by atoms with van der Waals surface area (Å²) < 4.78 is 4.99. The molecule has 0 amide bonds. The van der Waals surface area contributed by atoms with E-state index in [9.17, 15) is 0 Å². The molecule has 0 aliphatic rings. The number of hydrogen-bond donors (Lipinski definition) is 0. The third-order valence-electron chi connectivity index (χ3n) is 10.9. The molecule has 0 saturated carbocycles. The molecule has 0 spiro atoms. The van der Waals surface area contributed by atoms with Gasteiger partial charge >= 0.3 is 0 Å². The standard InChI is InChI=1S/C52H34N2S/c1-2-18-40(19-3-1)54-49-24-8-6-22-44(49)45-29-27-39(33-50(45)54)37-16-10-15-36(31-37)38-17-11-20-41(32-38)53(48-25-12-14-35-13-4-5-21-43(35)48)42-28-30-47-46-23-7-9-26-51(46)55-52(47)34-42/h1-34H. The van der Waals surface area contributed by atoms with Crippen LogP contribution in [-0.4, -0.2) is 4.57 Å². The van der Waals surface area contributed by atoms with E-state index in [0.29, 0.717) is 0 Å². The Morgan fingerprint density at radius 2 is 0.945 bits per heavy atom. The van der Waals surface area contributed by atoms with Gasteiger partial charge in [0.15, 0.2) is 0 Å². The maximum absolute atomic E-state index is 2.43. The van der Waals surface area contributed by atoms with Crippen LogP contribution in [-0.2, 0) is 0 Å². The highest BCUT2D eigenvalue weighted by atomic mass is 32.1. The predicted octanol–water partition coefficient (Wildman–Crippen LogP) is 15.1. The molecule has 0 saturated heterocycles. The van der Waals surface area contributed by atoms with Gasteiger partial charge < -0.3 is 9.47 Å². The van der Waals surface area contributed by atoms with Gasteiger partial charge in [0, 0.05) is 53.4 Å². The van der Waals surface area contributed by atoms with Gasteiger partial charge in [0.05, 0.1) is 16.7 Å². The molecule has 0 atom stereocenters. The van der Waals surface area contributed by atoms with Gasteiger partial charge in [-0.3, -0.25) is 0 Å². The summed E-state index contributed by atoms with van der Waals surface area (Å²) in [5.41, 5.74) is 11.7. The van der Waals surface area contributed by atoms with Crippen LogP contribution in [0.15, 0.2) is 206 Å². The van der Waals surface area contributed by atoms with Gasteiger partial charge in [0.2, 0.25) is 0 Å². The van der Waals surface area contributed by atoms with Crippen molar-refractivity contribution < 1.29 is 0 Å². The molecule has 0 aliphatic heterocycles. The third-order valence-corrected chi connectivity index (χ3v) is 12.1. The minimum absolute atomic E-state index is 1.12. The van der Waals surface area contributed by atoms with Crippen LogP contribution in [0.1, 0.15) is 0 Å². The molecule has 3 heteroatoms. The Kier molecular flexibility index (Phi) is 7.39. The Morgan fingerprint density at radius 3 is 1.82 bits per heavy atom. The molecule has 2 nitrogen and oxygen atoms in total. The second kappa shape index (κ2) is 12.9. The number of para-hydroxylation sites is 2. The molecule has 2 heterocycles. The molecule has 11 rings (SSSR count). The number of nitrogens with zero attached hydrogens (tertiary/aromatic N) is 2. The number of rotatable bonds is 6. The molecule has 55 heavy (non-hydrogen) atoms. The number of hydrogen-bond acceptors (Lipinski definition) is 2. The van der Waals surface area contributed by atoms with Crippen LogP contribution in [0.3, 0.4) is 0 Å². The van der Waals surface area contributed by atoms with Crippen molar-refractivity contribution in [3.63, 3.8) is 0 Å². The van der Waals surface area contributed by atoms with Gasteiger partial charge in [-0.25, -0.2) is 0 Å². The molecule has 9 aromatic carbocycles. The summed E-state index contributed by atoms with van der Waals surface area (Å²) in [5.74, 6) is 0. The number of thiophene rings is 1. The van der Waals surface area contributed by atoms with Crippen LogP contribution in [0.2, 0.25) is 0 Å². The molecular formula is C52H34N2S. The minimum atomic E-state index is 1.12. The first-order valence-corrected chi connectivity index (χ1v) is 19.6. The van der Waals surface area contributed by atoms with E-state index < -0.39 is 0 Å². The minimum Gasteiger partial charge on any atom is -0.310 e. The first-order chi connectivity index (χ1) is 27.3. The van der Waals surface area contributed by atoms with Gasteiger partial charge in [-0.2, -0.15) is 0 Å². The van der Waals surface area contributed by atoms with Crippen LogP contribution >= 0.6 is 11.3 Å². The Bertz CT molecular complexity index is 3220. The van der Waals surface area contributed by atoms with Crippen LogP contribution in [0.4, 0.5) is 17.1 Å². The van der Waals surface area contributed by atoms with Crippen molar-refractivity contribution in [1.82, 2.24) is 4.57 Å². The molecule has 11 aromatic rings.